The van der Waals surface area contributed by atoms with Gasteiger partial charge in [-0.15, -0.1) is 0 Å². The van der Waals surface area contributed by atoms with Crippen LogP contribution >= 0.6 is 0 Å². The van der Waals surface area contributed by atoms with E-state index in [4.69, 9.17) is 0 Å². The average molecular weight is 521 g/mol. The molecule has 1 aromatic heterocycles. The Morgan fingerprint density at radius 2 is 1.69 bits per heavy atom. The van der Waals surface area contributed by atoms with E-state index >= 15 is 0 Å². The van der Waals surface area contributed by atoms with Crippen LogP contribution in [0.3, 0.4) is 0 Å². The number of hydrogen-bond donors (Lipinski definition) is 1. The van der Waals surface area contributed by atoms with Crippen molar-refractivity contribution in [2.45, 2.75) is 38.3 Å². The Bertz CT molecular complexity index is 1380. The van der Waals surface area contributed by atoms with Crippen molar-refractivity contribution in [3.05, 3.63) is 71.4 Å². The van der Waals surface area contributed by atoms with Crippen molar-refractivity contribution >= 4 is 21.7 Å². The number of hydrogen-bond acceptors (Lipinski definition) is 4. The number of nitrogens with zero attached hydrogens (tertiary/aromatic N) is 3. The summed E-state index contributed by atoms with van der Waals surface area (Å²) in [6.45, 7) is 6.41. The Hall–Kier alpha value is -3.18. The molecule has 192 valence electrons. The number of piperidine rings is 1. The zero-order chi connectivity index (χ0) is 26.3. The number of amides is 1. The minimum Gasteiger partial charge on any atom is -0.306 e. The van der Waals surface area contributed by atoms with Gasteiger partial charge >= 0.3 is 6.18 Å². The van der Waals surface area contributed by atoms with Gasteiger partial charge in [0.2, 0.25) is 10.0 Å². The molecule has 1 fully saturated rings. The van der Waals surface area contributed by atoms with E-state index in [1.807, 2.05) is 13.8 Å². The van der Waals surface area contributed by atoms with Gasteiger partial charge in [-0.25, -0.2) is 13.1 Å². The van der Waals surface area contributed by atoms with Gasteiger partial charge in [-0.05, 0) is 55.5 Å². The van der Waals surface area contributed by atoms with Crippen LogP contribution in [-0.4, -0.2) is 41.5 Å². The molecule has 2 aromatic carbocycles. The van der Waals surface area contributed by atoms with E-state index in [0.717, 1.165) is 17.2 Å². The Kier molecular flexibility index (Phi) is 6.98. The summed E-state index contributed by atoms with van der Waals surface area (Å²) >= 11 is 0. The van der Waals surface area contributed by atoms with E-state index in [1.165, 1.54) is 52.8 Å². The summed E-state index contributed by atoms with van der Waals surface area (Å²) in [6.07, 6.45) is -3.68. The number of anilines is 1. The molecule has 7 nitrogen and oxygen atoms in total. The number of nitrogens with one attached hydrogen (secondary N) is 1. The van der Waals surface area contributed by atoms with Crippen LogP contribution in [0.15, 0.2) is 59.5 Å². The number of carbonyl (C=O) groups excluding carboxylic acids is 1. The first-order valence-corrected chi connectivity index (χ1v) is 12.9. The Balaban J connectivity index is 1.63. The van der Waals surface area contributed by atoms with Crippen molar-refractivity contribution in [1.29, 1.82) is 0 Å². The minimum absolute atomic E-state index is 0.0106. The van der Waals surface area contributed by atoms with E-state index in [9.17, 15) is 26.4 Å². The van der Waals surface area contributed by atoms with Crippen LogP contribution in [0.1, 0.15) is 41.9 Å². The van der Waals surface area contributed by atoms with Crippen LogP contribution in [0, 0.1) is 18.8 Å². The number of para-hydroxylation sites is 1. The van der Waals surface area contributed by atoms with Gasteiger partial charge in [0, 0.05) is 24.7 Å². The summed E-state index contributed by atoms with van der Waals surface area (Å²) < 4.78 is 69.7. The van der Waals surface area contributed by atoms with E-state index in [1.54, 1.807) is 6.92 Å². The fourth-order valence-corrected chi connectivity index (χ4v) is 6.33. The number of benzene rings is 2. The van der Waals surface area contributed by atoms with Gasteiger partial charge in [0.05, 0.1) is 21.8 Å². The largest absolute Gasteiger partial charge is 0.418 e. The maximum absolute atomic E-state index is 13.6. The van der Waals surface area contributed by atoms with E-state index < -0.39 is 27.7 Å². The van der Waals surface area contributed by atoms with E-state index in [2.05, 4.69) is 10.4 Å². The number of sulfonamides is 1. The third-order valence-electron chi connectivity index (χ3n) is 6.08. The van der Waals surface area contributed by atoms with Gasteiger partial charge in [-0.1, -0.05) is 32.0 Å². The van der Waals surface area contributed by atoms with Crippen molar-refractivity contribution in [2.75, 3.05) is 18.4 Å². The van der Waals surface area contributed by atoms with Crippen molar-refractivity contribution in [3.63, 3.8) is 0 Å². The average Bonchev–Trinajstić information content (AvgIpc) is 3.17. The molecule has 4 rings (SSSR count). The number of halogens is 3. The Morgan fingerprint density at radius 3 is 2.36 bits per heavy atom. The molecule has 1 aliphatic rings. The highest BCUT2D eigenvalue weighted by molar-refractivity contribution is 7.89. The second-order valence-corrected chi connectivity index (χ2v) is 11.3. The molecule has 0 spiro atoms. The van der Waals surface area contributed by atoms with Crippen LogP contribution in [0.4, 0.5) is 19.0 Å². The highest BCUT2D eigenvalue weighted by atomic mass is 32.2. The molecule has 0 bridgehead atoms. The molecule has 3 aromatic rings. The molecule has 0 aliphatic carbocycles. The molecule has 0 unspecified atom stereocenters. The molecule has 11 heteroatoms. The summed E-state index contributed by atoms with van der Waals surface area (Å²) in [5, 5.41) is 6.72. The van der Waals surface area contributed by atoms with Gasteiger partial charge in [0.15, 0.2) is 0 Å². The van der Waals surface area contributed by atoms with Gasteiger partial charge in [0.1, 0.15) is 5.82 Å². The number of aryl methyl sites for hydroxylation is 1. The molecule has 1 N–H and O–H groups in total. The summed E-state index contributed by atoms with van der Waals surface area (Å²) in [5.41, 5.74) is -0.685. The molecule has 0 saturated carbocycles. The van der Waals surface area contributed by atoms with Gasteiger partial charge in [-0.3, -0.25) is 4.79 Å². The first-order valence-electron chi connectivity index (χ1n) is 11.5. The highest BCUT2D eigenvalue weighted by Crippen LogP contribution is 2.35. The molecule has 2 atom stereocenters. The summed E-state index contributed by atoms with van der Waals surface area (Å²) in [5.74, 6) is -0.199. The first kappa shape index (κ1) is 25.9. The normalized spacial score (nSPS) is 19.3. The van der Waals surface area contributed by atoms with Gasteiger partial charge in [0.25, 0.3) is 5.91 Å². The predicted octanol–water partition coefficient (Wildman–Crippen LogP) is 5.12. The minimum atomic E-state index is -4.62. The van der Waals surface area contributed by atoms with Crippen LogP contribution in [-0.2, 0) is 16.2 Å². The summed E-state index contributed by atoms with van der Waals surface area (Å²) in [7, 11) is -3.81. The standard InChI is InChI=1S/C25H27F3N4O3S/c1-16-11-17(2)15-31(14-16)36(34,35)20-8-6-7-19(13-20)24(33)29-23-12-18(3)30-32(23)22-10-5-4-9-21(22)25(26,27)28/h4-10,12-13,16-17H,11,14-15H2,1-3H3,(H,29,33)/t16-,17-/m1/s1. The van der Waals surface area contributed by atoms with Crippen LogP contribution in [0.25, 0.3) is 5.69 Å². The number of aromatic nitrogens is 2. The van der Waals surface area contributed by atoms with E-state index in [0.29, 0.717) is 18.8 Å². The highest BCUT2D eigenvalue weighted by Gasteiger charge is 2.35. The molecule has 1 aliphatic heterocycles. The van der Waals surface area contributed by atoms with Crippen molar-refractivity contribution in [2.24, 2.45) is 11.8 Å². The third kappa shape index (κ3) is 5.31. The Labute approximate surface area is 208 Å². The van der Waals surface area contributed by atoms with Crippen molar-refractivity contribution < 1.29 is 26.4 Å². The zero-order valence-corrected chi connectivity index (χ0v) is 20.9. The maximum atomic E-state index is 13.6. The van der Waals surface area contributed by atoms with E-state index in [-0.39, 0.29) is 33.8 Å². The lowest BCUT2D eigenvalue weighted by Crippen LogP contribution is -2.42. The number of rotatable bonds is 5. The van der Waals surface area contributed by atoms with Gasteiger partial charge < -0.3 is 5.32 Å². The number of carbonyl (C=O) groups is 1. The monoisotopic (exact) mass is 520 g/mol. The molecule has 0 radical (unpaired) electrons. The van der Waals surface area contributed by atoms with Crippen LogP contribution < -0.4 is 5.32 Å². The SMILES string of the molecule is Cc1cc(NC(=O)c2cccc(S(=O)(=O)N3C[C@H](C)C[C@@H](C)C3)c2)n(-c2ccccc2C(F)(F)F)n1. The molecular weight excluding hydrogens is 493 g/mol. The first-order chi connectivity index (χ1) is 16.9. The second kappa shape index (κ2) is 9.70. The fraction of sp³-hybridized carbons (Fsp3) is 0.360. The molecule has 1 saturated heterocycles. The molecule has 2 heterocycles. The van der Waals surface area contributed by atoms with Crippen LogP contribution in [0.2, 0.25) is 0 Å². The fourth-order valence-electron chi connectivity index (χ4n) is 4.61. The van der Waals surface area contributed by atoms with Gasteiger partial charge in [-0.2, -0.15) is 22.6 Å². The lowest BCUT2D eigenvalue weighted by Gasteiger charge is -2.34. The maximum Gasteiger partial charge on any atom is 0.418 e. The lowest BCUT2D eigenvalue weighted by molar-refractivity contribution is -0.137. The van der Waals surface area contributed by atoms with Crippen molar-refractivity contribution in [3.8, 4) is 5.69 Å². The molecular formula is C25H27F3N4O3S. The predicted molar refractivity (Wildman–Crippen MR) is 129 cm³/mol. The second-order valence-electron chi connectivity index (χ2n) is 9.35. The quantitative estimate of drug-likeness (QED) is 0.506. The number of alkyl halides is 3. The lowest BCUT2D eigenvalue weighted by atomic mass is 9.94. The van der Waals surface area contributed by atoms with Crippen molar-refractivity contribution in [1.82, 2.24) is 14.1 Å². The molecule has 1 amide bonds. The third-order valence-corrected chi connectivity index (χ3v) is 7.91. The molecule has 36 heavy (non-hydrogen) atoms. The summed E-state index contributed by atoms with van der Waals surface area (Å²) in [6, 6.07) is 12.0. The topological polar surface area (TPSA) is 84.3 Å². The van der Waals surface area contributed by atoms with Crippen LogP contribution in [0.5, 0.6) is 0 Å². The summed E-state index contributed by atoms with van der Waals surface area (Å²) in [4.78, 5) is 13.1. The Morgan fingerprint density at radius 1 is 1.03 bits per heavy atom. The zero-order valence-electron chi connectivity index (χ0n) is 20.1. The smallest absolute Gasteiger partial charge is 0.306 e.